The first-order valence-electron chi connectivity index (χ1n) is 6.31. The Hall–Kier alpha value is -3.03. The molecule has 2 aromatic heterocycles. The number of nitrogens with one attached hydrogen (secondary N) is 2. The Morgan fingerprint density at radius 1 is 1.24 bits per heavy atom. The third kappa shape index (κ3) is 2.50. The molecule has 0 aliphatic carbocycles. The molecule has 21 heavy (non-hydrogen) atoms. The van der Waals surface area contributed by atoms with Crippen LogP contribution in [0.25, 0.3) is 5.69 Å². The molecular formula is C13H13N7O. The van der Waals surface area contributed by atoms with E-state index in [0.29, 0.717) is 11.4 Å². The van der Waals surface area contributed by atoms with E-state index in [1.807, 2.05) is 13.8 Å². The summed E-state index contributed by atoms with van der Waals surface area (Å²) in [5.41, 5.74) is 3.17. The van der Waals surface area contributed by atoms with Crippen molar-refractivity contribution in [1.82, 2.24) is 30.4 Å². The number of nitrogens with zero attached hydrogens (tertiary/aromatic N) is 5. The number of aromatic amines is 1. The second kappa shape index (κ2) is 5.16. The van der Waals surface area contributed by atoms with E-state index in [1.54, 1.807) is 24.3 Å². The van der Waals surface area contributed by atoms with E-state index in [1.165, 1.54) is 11.0 Å². The van der Waals surface area contributed by atoms with Crippen LogP contribution in [0.2, 0.25) is 0 Å². The number of aromatic nitrogens is 6. The molecule has 0 radical (unpaired) electrons. The average molecular weight is 283 g/mol. The van der Waals surface area contributed by atoms with Gasteiger partial charge in [-0.3, -0.25) is 9.89 Å². The molecule has 2 heterocycles. The lowest BCUT2D eigenvalue weighted by Crippen LogP contribution is -2.13. The van der Waals surface area contributed by atoms with E-state index in [0.717, 1.165) is 16.9 Å². The van der Waals surface area contributed by atoms with Gasteiger partial charge in [-0.15, -0.1) is 5.10 Å². The minimum absolute atomic E-state index is 0.215. The molecule has 3 rings (SSSR count). The van der Waals surface area contributed by atoms with E-state index < -0.39 is 0 Å². The quantitative estimate of drug-likeness (QED) is 0.753. The maximum Gasteiger partial charge on any atom is 0.256 e. The predicted octanol–water partition coefficient (Wildman–Crippen LogP) is 1.25. The number of carbonyl (C=O) groups is 1. The van der Waals surface area contributed by atoms with Gasteiger partial charge in [0.05, 0.1) is 5.69 Å². The first-order chi connectivity index (χ1) is 10.1. The summed E-state index contributed by atoms with van der Waals surface area (Å²) in [7, 11) is 0. The van der Waals surface area contributed by atoms with Crippen LogP contribution in [0.1, 0.15) is 21.6 Å². The second-order valence-electron chi connectivity index (χ2n) is 4.58. The Kier molecular flexibility index (Phi) is 3.19. The second-order valence-corrected chi connectivity index (χ2v) is 4.58. The summed E-state index contributed by atoms with van der Waals surface area (Å²) in [5, 5.41) is 20.6. The molecule has 1 amide bonds. The summed E-state index contributed by atoms with van der Waals surface area (Å²) in [6, 6.07) is 6.96. The molecule has 1 aromatic carbocycles. The monoisotopic (exact) mass is 283 g/mol. The fraction of sp³-hybridized carbons (Fsp3) is 0.154. The van der Waals surface area contributed by atoms with Crippen molar-refractivity contribution in [2.45, 2.75) is 13.8 Å². The normalized spacial score (nSPS) is 10.6. The summed E-state index contributed by atoms with van der Waals surface area (Å²) in [6.07, 6.45) is 1.49. The number of carbonyl (C=O) groups excluding carboxylic acids is 1. The molecular weight excluding hydrogens is 270 g/mol. The van der Waals surface area contributed by atoms with Gasteiger partial charge < -0.3 is 5.32 Å². The van der Waals surface area contributed by atoms with Crippen LogP contribution in [0.5, 0.6) is 0 Å². The topological polar surface area (TPSA) is 101 Å². The largest absolute Gasteiger partial charge is 0.305 e. The highest BCUT2D eigenvalue weighted by Gasteiger charge is 2.11. The lowest BCUT2D eigenvalue weighted by atomic mass is 10.2. The van der Waals surface area contributed by atoms with Gasteiger partial charge in [0.2, 0.25) is 0 Å². The smallest absolute Gasteiger partial charge is 0.256 e. The highest BCUT2D eigenvalue weighted by molar-refractivity contribution is 6.04. The zero-order chi connectivity index (χ0) is 14.8. The molecule has 0 bridgehead atoms. The van der Waals surface area contributed by atoms with Crippen molar-refractivity contribution in [2.24, 2.45) is 0 Å². The third-order valence-electron chi connectivity index (χ3n) is 3.23. The molecule has 0 aliphatic heterocycles. The standard InChI is InChI=1S/C13H13N7O/c1-8-9(2)16-17-12(8)15-13(21)10-3-5-11(6-4-10)20-7-14-18-19-20/h3-7H,1-2H3,(H2,15,16,17,21). The van der Waals surface area contributed by atoms with Crippen molar-refractivity contribution < 1.29 is 4.79 Å². The first-order valence-corrected chi connectivity index (χ1v) is 6.31. The van der Waals surface area contributed by atoms with Crippen molar-refractivity contribution in [1.29, 1.82) is 0 Å². The van der Waals surface area contributed by atoms with Crippen molar-refractivity contribution >= 4 is 11.7 Å². The maximum absolute atomic E-state index is 12.2. The zero-order valence-electron chi connectivity index (χ0n) is 11.5. The number of aryl methyl sites for hydroxylation is 1. The van der Waals surface area contributed by atoms with Crippen molar-refractivity contribution in [3.05, 3.63) is 47.4 Å². The molecule has 3 aromatic rings. The van der Waals surface area contributed by atoms with Crippen LogP contribution in [0.3, 0.4) is 0 Å². The number of hydrogen-bond donors (Lipinski definition) is 2. The number of anilines is 1. The van der Waals surface area contributed by atoms with Gasteiger partial charge in [0.25, 0.3) is 5.91 Å². The van der Waals surface area contributed by atoms with Gasteiger partial charge in [0, 0.05) is 16.8 Å². The fourth-order valence-electron chi connectivity index (χ4n) is 1.83. The zero-order valence-corrected chi connectivity index (χ0v) is 11.5. The van der Waals surface area contributed by atoms with Crippen LogP contribution in [0.15, 0.2) is 30.6 Å². The van der Waals surface area contributed by atoms with Gasteiger partial charge in [0.1, 0.15) is 6.33 Å². The number of rotatable bonds is 3. The molecule has 0 spiro atoms. The molecule has 0 aliphatic rings. The number of H-pyrrole nitrogens is 1. The number of tetrazole rings is 1. The summed E-state index contributed by atoms with van der Waals surface area (Å²) in [5.74, 6) is 0.329. The highest BCUT2D eigenvalue weighted by Crippen LogP contribution is 2.15. The molecule has 0 atom stereocenters. The number of benzene rings is 1. The molecule has 0 saturated carbocycles. The van der Waals surface area contributed by atoms with Gasteiger partial charge in [-0.2, -0.15) is 5.10 Å². The minimum atomic E-state index is -0.215. The van der Waals surface area contributed by atoms with Crippen LogP contribution >= 0.6 is 0 Å². The first kappa shape index (κ1) is 13.0. The van der Waals surface area contributed by atoms with Gasteiger partial charge in [-0.05, 0) is 48.5 Å². The van der Waals surface area contributed by atoms with Crippen LogP contribution in [-0.4, -0.2) is 36.3 Å². The van der Waals surface area contributed by atoms with Gasteiger partial charge in [-0.1, -0.05) is 0 Å². The SMILES string of the molecule is Cc1[nH]nc(NC(=O)c2ccc(-n3cnnn3)cc2)c1C. The summed E-state index contributed by atoms with van der Waals surface area (Å²) >= 11 is 0. The Bertz CT molecular complexity index is 758. The van der Waals surface area contributed by atoms with Crippen molar-refractivity contribution in [3.63, 3.8) is 0 Å². The van der Waals surface area contributed by atoms with Crippen LogP contribution in [0, 0.1) is 13.8 Å². The Balaban J connectivity index is 1.78. The molecule has 8 heteroatoms. The Labute approximate surface area is 120 Å². The minimum Gasteiger partial charge on any atom is -0.305 e. The average Bonchev–Trinajstić information content (AvgIpc) is 3.13. The fourth-order valence-corrected chi connectivity index (χ4v) is 1.83. The molecule has 0 saturated heterocycles. The number of amides is 1. The predicted molar refractivity (Wildman–Crippen MR) is 75.2 cm³/mol. The van der Waals surface area contributed by atoms with Crippen molar-refractivity contribution in [3.8, 4) is 5.69 Å². The Morgan fingerprint density at radius 2 is 2.00 bits per heavy atom. The third-order valence-corrected chi connectivity index (χ3v) is 3.23. The van der Waals surface area contributed by atoms with Crippen LogP contribution in [-0.2, 0) is 0 Å². The van der Waals surface area contributed by atoms with Crippen LogP contribution < -0.4 is 5.32 Å². The molecule has 0 unspecified atom stereocenters. The van der Waals surface area contributed by atoms with E-state index in [9.17, 15) is 4.79 Å². The summed E-state index contributed by atoms with van der Waals surface area (Å²) < 4.78 is 1.52. The highest BCUT2D eigenvalue weighted by atomic mass is 16.1. The van der Waals surface area contributed by atoms with Crippen molar-refractivity contribution in [2.75, 3.05) is 5.32 Å². The van der Waals surface area contributed by atoms with E-state index in [-0.39, 0.29) is 5.91 Å². The Morgan fingerprint density at radius 3 is 2.57 bits per heavy atom. The lowest BCUT2D eigenvalue weighted by Gasteiger charge is -2.04. The lowest BCUT2D eigenvalue weighted by molar-refractivity contribution is 0.102. The van der Waals surface area contributed by atoms with Gasteiger partial charge in [-0.25, -0.2) is 4.68 Å². The summed E-state index contributed by atoms with van der Waals surface area (Å²) in [6.45, 7) is 3.80. The molecule has 0 fully saturated rings. The maximum atomic E-state index is 12.2. The van der Waals surface area contributed by atoms with Gasteiger partial charge in [0.15, 0.2) is 5.82 Å². The molecule has 8 nitrogen and oxygen atoms in total. The summed E-state index contributed by atoms with van der Waals surface area (Å²) in [4.78, 5) is 12.2. The molecule has 106 valence electrons. The van der Waals surface area contributed by atoms with Crippen LogP contribution in [0.4, 0.5) is 5.82 Å². The molecule has 2 N–H and O–H groups in total. The van der Waals surface area contributed by atoms with Gasteiger partial charge >= 0.3 is 0 Å². The van der Waals surface area contributed by atoms with E-state index >= 15 is 0 Å². The number of hydrogen-bond acceptors (Lipinski definition) is 5. The van der Waals surface area contributed by atoms with E-state index in [4.69, 9.17) is 0 Å². The van der Waals surface area contributed by atoms with E-state index in [2.05, 4.69) is 31.0 Å².